The Balaban J connectivity index is 1.72. The molecule has 0 aliphatic heterocycles. The highest BCUT2D eigenvalue weighted by Crippen LogP contribution is 2.18. The molecule has 7 nitrogen and oxygen atoms in total. The minimum absolute atomic E-state index is 0.189. The van der Waals surface area contributed by atoms with Crippen LogP contribution >= 0.6 is 0 Å². The van der Waals surface area contributed by atoms with Gasteiger partial charge in [-0.3, -0.25) is 14.8 Å². The third kappa shape index (κ3) is 4.26. The second-order valence-corrected chi connectivity index (χ2v) is 6.36. The van der Waals surface area contributed by atoms with Gasteiger partial charge >= 0.3 is 0 Å². The summed E-state index contributed by atoms with van der Waals surface area (Å²) in [5.74, 6) is 0.840. The Bertz CT molecular complexity index is 864. The number of imidazole rings is 1. The fraction of sp³-hybridized carbons (Fsp3) is 0.278. The van der Waals surface area contributed by atoms with Crippen LogP contribution in [0.2, 0.25) is 0 Å². The summed E-state index contributed by atoms with van der Waals surface area (Å²) in [4.78, 5) is 16.8. The minimum Gasteiger partial charge on any atom is -0.353 e. The fourth-order valence-electron chi connectivity index (χ4n) is 2.54. The lowest BCUT2D eigenvalue weighted by Crippen LogP contribution is -2.17. The highest BCUT2D eigenvalue weighted by atomic mass is 16.1. The molecule has 0 saturated carbocycles. The van der Waals surface area contributed by atoms with Crippen molar-refractivity contribution >= 4 is 23.2 Å². The normalized spacial score (nSPS) is 10.9. The van der Waals surface area contributed by atoms with Gasteiger partial charge in [0.25, 0.3) is 5.91 Å². The lowest BCUT2D eigenvalue weighted by atomic mass is 10.2. The van der Waals surface area contributed by atoms with Crippen LogP contribution in [0.1, 0.15) is 24.2 Å². The van der Waals surface area contributed by atoms with Crippen LogP contribution in [0, 0.1) is 5.92 Å². The molecule has 2 aromatic heterocycles. The van der Waals surface area contributed by atoms with E-state index in [4.69, 9.17) is 0 Å². The Morgan fingerprint density at radius 3 is 2.84 bits per heavy atom. The van der Waals surface area contributed by atoms with Crippen LogP contribution in [0.5, 0.6) is 0 Å². The Morgan fingerprint density at radius 2 is 2.12 bits per heavy atom. The lowest BCUT2D eigenvalue weighted by molar-refractivity contribution is 0.102. The van der Waals surface area contributed by atoms with Gasteiger partial charge in [-0.2, -0.15) is 5.10 Å². The number of aryl methyl sites for hydroxylation is 1. The Hall–Kier alpha value is -3.09. The van der Waals surface area contributed by atoms with E-state index in [2.05, 4.69) is 34.6 Å². The molecule has 130 valence electrons. The number of carbonyl (C=O) groups excluding carboxylic acids is 1. The summed E-state index contributed by atoms with van der Waals surface area (Å²) in [5, 5.41) is 10.2. The number of amides is 1. The van der Waals surface area contributed by atoms with Crippen molar-refractivity contribution in [3.05, 3.63) is 54.6 Å². The van der Waals surface area contributed by atoms with E-state index in [0.717, 1.165) is 17.9 Å². The van der Waals surface area contributed by atoms with Crippen molar-refractivity contribution in [3.63, 3.8) is 0 Å². The molecule has 25 heavy (non-hydrogen) atoms. The maximum atomic E-state index is 12.6. The predicted molar refractivity (Wildman–Crippen MR) is 98.0 cm³/mol. The molecule has 0 aliphatic carbocycles. The van der Waals surface area contributed by atoms with Crippen LogP contribution in [0.15, 0.2) is 49.1 Å². The zero-order valence-corrected chi connectivity index (χ0v) is 14.6. The average molecular weight is 338 g/mol. The molecule has 2 heterocycles. The summed E-state index contributed by atoms with van der Waals surface area (Å²) in [6.45, 7) is 5.05. The third-order valence-electron chi connectivity index (χ3n) is 3.62. The van der Waals surface area contributed by atoms with E-state index in [0.29, 0.717) is 17.4 Å². The van der Waals surface area contributed by atoms with E-state index in [-0.39, 0.29) is 5.91 Å². The molecule has 0 bridgehead atoms. The molecule has 3 rings (SSSR count). The van der Waals surface area contributed by atoms with Gasteiger partial charge in [-0.05, 0) is 24.1 Å². The first-order valence-electron chi connectivity index (χ1n) is 8.19. The van der Waals surface area contributed by atoms with Crippen LogP contribution in [0.25, 0.3) is 0 Å². The molecule has 0 spiro atoms. The average Bonchev–Trinajstić information content (AvgIpc) is 3.16. The van der Waals surface area contributed by atoms with E-state index < -0.39 is 0 Å². The van der Waals surface area contributed by atoms with Crippen molar-refractivity contribution in [2.24, 2.45) is 13.0 Å². The number of nitrogens with zero attached hydrogens (tertiary/aromatic N) is 4. The van der Waals surface area contributed by atoms with E-state index >= 15 is 0 Å². The third-order valence-corrected chi connectivity index (χ3v) is 3.62. The predicted octanol–water partition coefficient (Wildman–Crippen LogP) is 3.27. The lowest BCUT2D eigenvalue weighted by Gasteiger charge is -2.11. The number of aromatic nitrogens is 4. The zero-order valence-electron chi connectivity index (χ0n) is 14.6. The molecular weight excluding hydrogens is 316 g/mol. The second-order valence-electron chi connectivity index (χ2n) is 6.36. The molecule has 7 heteroatoms. The smallest absolute Gasteiger partial charge is 0.258 e. The van der Waals surface area contributed by atoms with Crippen LogP contribution in [-0.4, -0.2) is 25.2 Å². The van der Waals surface area contributed by atoms with Gasteiger partial charge in [0.1, 0.15) is 0 Å². The molecule has 2 N–H and O–H groups in total. The summed E-state index contributed by atoms with van der Waals surface area (Å²) < 4.78 is 3.66. The van der Waals surface area contributed by atoms with Crippen molar-refractivity contribution in [2.45, 2.75) is 20.4 Å². The molecule has 0 saturated heterocycles. The number of nitrogens with one attached hydrogen (secondary N) is 2. The van der Waals surface area contributed by atoms with Crippen molar-refractivity contribution in [1.29, 1.82) is 0 Å². The van der Waals surface area contributed by atoms with Crippen molar-refractivity contribution in [2.75, 3.05) is 10.6 Å². The number of benzene rings is 1. The number of hydrogen-bond acceptors (Lipinski definition) is 4. The van der Waals surface area contributed by atoms with Gasteiger partial charge < -0.3 is 9.88 Å². The first kappa shape index (κ1) is 16.8. The number of carbonyl (C=O) groups is 1. The summed E-state index contributed by atoms with van der Waals surface area (Å²) in [6, 6.07) is 7.33. The van der Waals surface area contributed by atoms with Crippen molar-refractivity contribution in [3.8, 4) is 0 Å². The molecular formula is C18H22N6O. The molecule has 0 unspecified atom stereocenters. The van der Waals surface area contributed by atoms with Gasteiger partial charge in [-0.15, -0.1) is 0 Å². The monoisotopic (exact) mass is 338 g/mol. The largest absolute Gasteiger partial charge is 0.353 e. The van der Waals surface area contributed by atoms with Crippen LogP contribution in [0.4, 0.5) is 17.3 Å². The second kappa shape index (κ2) is 7.21. The molecule has 0 radical (unpaired) electrons. The van der Waals surface area contributed by atoms with E-state index in [1.165, 1.54) is 0 Å². The SMILES string of the molecule is CC(C)Cn1ccnc1NC(=O)c1cccc(Nc2cnn(C)c2)c1. The maximum Gasteiger partial charge on any atom is 0.258 e. The van der Waals surface area contributed by atoms with Gasteiger partial charge in [-0.1, -0.05) is 19.9 Å². The number of rotatable bonds is 6. The number of hydrogen-bond donors (Lipinski definition) is 2. The van der Waals surface area contributed by atoms with Crippen LogP contribution < -0.4 is 10.6 Å². The quantitative estimate of drug-likeness (QED) is 0.723. The van der Waals surface area contributed by atoms with Crippen molar-refractivity contribution < 1.29 is 4.79 Å². The highest BCUT2D eigenvalue weighted by molar-refractivity contribution is 6.04. The Kier molecular flexibility index (Phi) is 4.83. The zero-order chi connectivity index (χ0) is 17.8. The maximum absolute atomic E-state index is 12.6. The van der Waals surface area contributed by atoms with Gasteiger partial charge in [-0.25, -0.2) is 4.98 Å². The molecule has 0 aliphatic rings. The van der Waals surface area contributed by atoms with E-state index in [9.17, 15) is 4.79 Å². The van der Waals surface area contributed by atoms with Crippen LogP contribution in [0.3, 0.4) is 0 Å². The first-order valence-corrected chi connectivity index (χ1v) is 8.19. The van der Waals surface area contributed by atoms with Gasteiger partial charge in [0, 0.05) is 43.4 Å². The minimum atomic E-state index is -0.189. The van der Waals surface area contributed by atoms with Crippen LogP contribution in [-0.2, 0) is 13.6 Å². The summed E-state index contributed by atoms with van der Waals surface area (Å²) in [7, 11) is 1.86. The molecule has 1 amide bonds. The molecule has 0 fully saturated rings. The van der Waals surface area contributed by atoms with Gasteiger partial charge in [0.2, 0.25) is 5.95 Å². The summed E-state index contributed by atoms with van der Waals surface area (Å²) in [5.41, 5.74) is 2.26. The first-order chi connectivity index (χ1) is 12.0. The standard InChI is InChI=1S/C18H22N6O/c1-13(2)11-24-8-7-19-18(24)22-17(25)14-5-4-6-15(9-14)21-16-10-20-23(3)12-16/h4-10,12-13,21H,11H2,1-3H3,(H,19,22,25). The van der Waals surface area contributed by atoms with E-state index in [1.54, 1.807) is 29.2 Å². The Morgan fingerprint density at radius 1 is 1.28 bits per heavy atom. The fourth-order valence-corrected chi connectivity index (χ4v) is 2.54. The van der Waals surface area contributed by atoms with Crippen molar-refractivity contribution in [1.82, 2.24) is 19.3 Å². The summed E-state index contributed by atoms with van der Waals surface area (Å²) in [6.07, 6.45) is 7.17. The molecule has 3 aromatic rings. The highest BCUT2D eigenvalue weighted by Gasteiger charge is 2.11. The topological polar surface area (TPSA) is 76.8 Å². The van der Waals surface area contributed by atoms with Gasteiger partial charge in [0.05, 0.1) is 11.9 Å². The Labute approximate surface area is 146 Å². The molecule has 1 aromatic carbocycles. The van der Waals surface area contributed by atoms with Gasteiger partial charge in [0.15, 0.2) is 0 Å². The van der Waals surface area contributed by atoms with E-state index in [1.807, 2.05) is 36.1 Å². The summed E-state index contributed by atoms with van der Waals surface area (Å²) >= 11 is 0. The number of anilines is 3. The molecule has 0 atom stereocenters.